The molecular weight excluding hydrogens is 152 g/mol. The van der Waals surface area contributed by atoms with E-state index in [1.807, 2.05) is 0 Å². The van der Waals surface area contributed by atoms with Crippen molar-refractivity contribution in [2.24, 2.45) is 0 Å². The molecule has 0 rings (SSSR count). The van der Waals surface area contributed by atoms with E-state index in [1.165, 1.54) is 0 Å². The first-order valence-corrected chi connectivity index (χ1v) is 3.55. The van der Waals surface area contributed by atoms with Crippen LogP contribution in [0.1, 0.15) is 0 Å². The van der Waals surface area contributed by atoms with E-state index in [2.05, 4.69) is 12.7 Å². The fraction of sp³-hybridized carbons (Fsp3) is 1.00. The fourth-order valence-electron chi connectivity index (χ4n) is 0.129. The molecule has 0 aliphatic rings. The van der Waals surface area contributed by atoms with Gasteiger partial charge in [-0.2, -0.15) is 4.21 Å². The van der Waals surface area contributed by atoms with Crippen LogP contribution in [0, 0.1) is 0 Å². The van der Waals surface area contributed by atoms with Gasteiger partial charge in [-0.15, -0.1) is 0 Å². The Labute approximate surface area is 52.1 Å². The molecule has 0 saturated heterocycles. The molecule has 0 aliphatic carbocycles. The van der Waals surface area contributed by atoms with Crippen LogP contribution in [0.3, 0.4) is 0 Å². The van der Waals surface area contributed by atoms with E-state index in [0.29, 0.717) is 0 Å². The Morgan fingerprint density at radius 2 is 1.67 bits per heavy atom. The molecule has 0 atom stereocenters. The van der Waals surface area contributed by atoms with Crippen molar-refractivity contribution in [2.75, 3.05) is 14.2 Å². The highest BCUT2D eigenvalue weighted by atomic mass is 32.3. The zero-order chi connectivity index (χ0) is 7.57. The van der Waals surface area contributed by atoms with E-state index in [4.69, 9.17) is 9.81 Å². The van der Waals surface area contributed by atoms with Crippen molar-refractivity contribution in [3.63, 3.8) is 0 Å². The van der Waals surface area contributed by atoms with E-state index in [9.17, 15) is 4.21 Å². The van der Waals surface area contributed by atoms with Crippen LogP contribution in [0.5, 0.6) is 0 Å². The molecule has 58 valence electrons. The molecule has 9 heavy (non-hydrogen) atoms. The second-order valence-corrected chi connectivity index (χ2v) is 3.34. The third-order valence-electron chi connectivity index (χ3n) is 0.682. The maximum atomic E-state index is 10.5. The van der Waals surface area contributed by atoms with Gasteiger partial charge in [0, 0.05) is 0 Å². The smallest absolute Gasteiger partial charge is 0.266 e. The summed E-state index contributed by atoms with van der Waals surface area (Å²) in [5.74, 6) is 0. The molecule has 7 heteroatoms. The third-order valence-corrected chi connectivity index (χ3v) is 2.05. The van der Waals surface area contributed by atoms with Crippen molar-refractivity contribution in [1.29, 1.82) is 0 Å². The van der Waals surface area contributed by atoms with Crippen molar-refractivity contribution in [2.45, 2.75) is 0 Å². The van der Waals surface area contributed by atoms with Crippen LogP contribution in [0.15, 0.2) is 0 Å². The summed E-state index contributed by atoms with van der Waals surface area (Å²) in [5, 5.41) is 7.78. The molecular formula is C2H8O6S. The first kappa shape index (κ1) is 8.95. The molecule has 0 aromatic rings. The van der Waals surface area contributed by atoms with Crippen LogP contribution in [-0.2, 0) is 22.9 Å². The summed E-state index contributed by atoms with van der Waals surface area (Å²) in [6.07, 6.45) is 0. The highest BCUT2D eigenvalue weighted by Gasteiger charge is 2.34. The minimum absolute atomic E-state index is 0.856. The molecule has 0 amide bonds. The summed E-state index contributed by atoms with van der Waals surface area (Å²) < 4.78 is 29.8. The summed E-state index contributed by atoms with van der Waals surface area (Å²) in [4.78, 5) is 0. The van der Waals surface area contributed by atoms with Gasteiger partial charge >= 0.3 is 10.2 Å². The second-order valence-electron chi connectivity index (χ2n) is 1.11. The maximum Gasteiger partial charge on any atom is 0.335 e. The quantitative estimate of drug-likeness (QED) is 0.439. The van der Waals surface area contributed by atoms with Crippen molar-refractivity contribution < 1.29 is 26.7 Å². The fourth-order valence-corrected chi connectivity index (χ4v) is 0.387. The number of rotatable bonds is 3. The molecule has 2 N–H and O–H groups in total. The summed E-state index contributed by atoms with van der Waals surface area (Å²) in [6.45, 7) is 0. The zero-order valence-corrected chi connectivity index (χ0v) is 5.75. The Balaban J connectivity index is 4.42. The van der Waals surface area contributed by atoms with E-state index in [1.54, 1.807) is 0 Å². The molecule has 0 radical (unpaired) electrons. The molecule has 0 fully saturated rings. The lowest BCUT2D eigenvalue weighted by atomic mass is 11.8. The summed E-state index contributed by atoms with van der Waals surface area (Å²) in [7, 11) is -3.38. The van der Waals surface area contributed by atoms with Gasteiger partial charge in [-0.05, 0) is 0 Å². The van der Waals surface area contributed by atoms with Gasteiger partial charge in [0.1, 0.15) is 0 Å². The first-order valence-electron chi connectivity index (χ1n) is 1.85. The van der Waals surface area contributed by atoms with Crippen LogP contribution >= 0.6 is 0 Å². The Morgan fingerprint density at radius 1 is 1.33 bits per heavy atom. The minimum Gasteiger partial charge on any atom is -0.266 e. The summed E-state index contributed by atoms with van der Waals surface area (Å²) >= 11 is 0. The topological polar surface area (TPSA) is 85.2 Å². The molecule has 0 aliphatic heterocycles. The Morgan fingerprint density at radius 3 is 1.67 bits per heavy atom. The average molecular weight is 160 g/mol. The van der Waals surface area contributed by atoms with Crippen molar-refractivity contribution in [1.82, 2.24) is 0 Å². The largest absolute Gasteiger partial charge is 0.335 e. The highest BCUT2D eigenvalue weighted by molar-refractivity contribution is 8.02. The third kappa shape index (κ3) is 1.97. The van der Waals surface area contributed by atoms with E-state index < -0.39 is 10.2 Å². The van der Waals surface area contributed by atoms with Crippen molar-refractivity contribution in [3.05, 3.63) is 0 Å². The van der Waals surface area contributed by atoms with Crippen LogP contribution < -0.4 is 0 Å². The van der Waals surface area contributed by atoms with Crippen LogP contribution in [0.25, 0.3) is 0 Å². The molecule has 0 spiro atoms. The lowest BCUT2D eigenvalue weighted by molar-refractivity contribution is -0.175. The standard InChI is InChI=1S/C2H8O6S/c1-6-9(4,5,7-2)8-3/h3H,1-2H3,(H,4,5). The lowest BCUT2D eigenvalue weighted by Gasteiger charge is -2.26. The average Bonchev–Trinajstić information content (AvgIpc) is 1.90. The predicted molar refractivity (Wildman–Crippen MR) is 28.5 cm³/mol. The van der Waals surface area contributed by atoms with Crippen LogP contribution in [0.2, 0.25) is 0 Å². The Bertz CT molecular complexity index is 129. The molecule has 0 heterocycles. The van der Waals surface area contributed by atoms with Crippen LogP contribution in [-0.4, -0.2) is 28.2 Å². The van der Waals surface area contributed by atoms with Gasteiger partial charge in [-0.25, -0.2) is 5.26 Å². The van der Waals surface area contributed by atoms with Gasteiger partial charge in [0.25, 0.3) is 0 Å². The molecule has 0 aromatic heterocycles. The summed E-state index contributed by atoms with van der Waals surface area (Å²) in [5.41, 5.74) is 0. The van der Waals surface area contributed by atoms with Gasteiger partial charge < -0.3 is 0 Å². The zero-order valence-electron chi connectivity index (χ0n) is 4.94. The van der Waals surface area contributed by atoms with E-state index in [-0.39, 0.29) is 0 Å². The van der Waals surface area contributed by atoms with Crippen molar-refractivity contribution in [3.8, 4) is 0 Å². The minimum atomic E-state index is -5.09. The highest BCUT2D eigenvalue weighted by Crippen LogP contribution is 2.21. The van der Waals surface area contributed by atoms with Gasteiger partial charge in [0.15, 0.2) is 0 Å². The van der Waals surface area contributed by atoms with Gasteiger partial charge in [0.05, 0.1) is 14.2 Å². The molecule has 0 aromatic carbocycles. The van der Waals surface area contributed by atoms with Gasteiger partial charge in [-0.3, -0.25) is 12.9 Å². The number of hydrogen-bond acceptors (Lipinski definition) is 5. The summed E-state index contributed by atoms with van der Waals surface area (Å²) in [6, 6.07) is 0. The van der Waals surface area contributed by atoms with Gasteiger partial charge in [-0.1, -0.05) is 4.33 Å². The second kappa shape index (κ2) is 2.29. The maximum absolute atomic E-state index is 10.5. The van der Waals surface area contributed by atoms with Crippen LogP contribution in [0.4, 0.5) is 0 Å². The monoisotopic (exact) mass is 160 g/mol. The van der Waals surface area contributed by atoms with E-state index in [0.717, 1.165) is 14.2 Å². The lowest BCUT2D eigenvalue weighted by Crippen LogP contribution is -2.37. The normalized spacial score (nSPS) is 16.7. The Kier molecular flexibility index (Phi) is 2.28. The molecule has 0 unspecified atom stereocenters. The van der Waals surface area contributed by atoms with Crippen molar-refractivity contribution >= 4 is 10.2 Å². The predicted octanol–water partition coefficient (Wildman–Crippen LogP) is -0.193. The number of hydrogen-bond donors (Lipinski definition) is 2. The first-order chi connectivity index (χ1) is 3.96. The SMILES string of the molecule is COS(=O)(O)(OC)OO. The Hall–Kier alpha value is -0.0500. The molecule has 0 bridgehead atoms. The molecule has 6 nitrogen and oxygen atoms in total. The molecule has 0 saturated carbocycles. The van der Waals surface area contributed by atoms with E-state index >= 15 is 0 Å². The van der Waals surface area contributed by atoms with Gasteiger partial charge in [0.2, 0.25) is 0 Å².